The normalized spacial score (nSPS) is 17.6. The fourth-order valence-electron chi connectivity index (χ4n) is 3.03. The molecule has 0 saturated carbocycles. The van der Waals surface area contributed by atoms with Crippen molar-refractivity contribution in [1.29, 1.82) is 0 Å². The Morgan fingerprint density at radius 3 is 2.84 bits per heavy atom. The first-order valence-corrected chi connectivity index (χ1v) is 9.07. The summed E-state index contributed by atoms with van der Waals surface area (Å²) in [4.78, 5) is 20.4. The number of hydrogen-bond donors (Lipinski definition) is 0. The number of carbonyl (C=O) groups excluding carboxylic acids is 1. The van der Waals surface area contributed by atoms with Gasteiger partial charge in [-0.05, 0) is 23.9 Å². The molecule has 1 fully saturated rings. The molecule has 0 bridgehead atoms. The first-order valence-electron chi connectivity index (χ1n) is 8.19. The lowest BCUT2D eigenvalue weighted by Crippen LogP contribution is -2.43. The molecule has 0 N–H and O–H groups in total. The second-order valence-electron chi connectivity index (χ2n) is 5.90. The van der Waals surface area contributed by atoms with Gasteiger partial charge >= 0.3 is 0 Å². The lowest BCUT2D eigenvalue weighted by atomic mass is 10.0. The van der Waals surface area contributed by atoms with E-state index in [1.165, 1.54) is 0 Å². The van der Waals surface area contributed by atoms with Crippen LogP contribution in [0.4, 0.5) is 0 Å². The third-order valence-electron chi connectivity index (χ3n) is 4.30. The molecule has 0 spiro atoms. The number of oxazole rings is 1. The van der Waals surface area contributed by atoms with Crippen LogP contribution in [0.25, 0.3) is 10.8 Å². The van der Waals surface area contributed by atoms with E-state index in [0.29, 0.717) is 37.1 Å². The summed E-state index contributed by atoms with van der Waals surface area (Å²) in [7, 11) is 0. The quantitative estimate of drug-likeness (QED) is 0.715. The van der Waals surface area contributed by atoms with Crippen LogP contribution in [-0.4, -0.2) is 35.5 Å². The molecule has 1 aliphatic rings. The third kappa shape index (κ3) is 3.10. The molecule has 1 saturated heterocycles. The van der Waals surface area contributed by atoms with Gasteiger partial charge in [0.15, 0.2) is 5.69 Å². The van der Waals surface area contributed by atoms with Gasteiger partial charge < -0.3 is 14.1 Å². The van der Waals surface area contributed by atoms with E-state index in [2.05, 4.69) is 4.98 Å². The first-order chi connectivity index (χ1) is 12.2. The number of morpholine rings is 1. The Hall–Kier alpha value is -2.44. The van der Waals surface area contributed by atoms with Crippen molar-refractivity contribution in [3.63, 3.8) is 0 Å². The van der Waals surface area contributed by atoms with Crippen molar-refractivity contribution >= 4 is 17.2 Å². The molecule has 128 valence electrons. The van der Waals surface area contributed by atoms with E-state index < -0.39 is 0 Å². The van der Waals surface area contributed by atoms with Gasteiger partial charge in [0.1, 0.15) is 5.76 Å². The summed E-state index contributed by atoms with van der Waals surface area (Å²) in [5, 5.41) is 1.96. The van der Waals surface area contributed by atoms with E-state index >= 15 is 0 Å². The molecule has 0 aliphatic carbocycles. The summed E-state index contributed by atoms with van der Waals surface area (Å²) in [5.74, 6) is 0.938. The zero-order valence-electron chi connectivity index (χ0n) is 13.8. The highest BCUT2D eigenvalue weighted by atomic mass is 32.1. The van der Waals surface area contributed by atoms with Gasteiger partial charge in [0.25, 0.3) is 5.91 Å². The minimum Gasteiger partial charge on any atom is -0.440 e. The largest absolute Gasteiger partial charge is 0.440 e. The summed E-state index contributed by atoms with van der Waals surface area (Å²) < 4.78 is 11.3. The fourth-order valence-corrected chi connectivity index (χ4v) is 3.68. The highest BCUT2D eigenvalue weighted by Crippen LogP contribution is 2.29. The summed E-state index contributed by atoms with van der Waals surface area (Å²) in [5.41, 5.74) is 1.45. The number of carbonyl (C=O) groups is 1. The molecule has 6 heteroatoms. The molecule has 0 unspecified atom stereocenters. The van der Waals surface area contributed by atoms with Gasteiger partial charge in [-0.2, -0.15) is 0 Å². The van der Waals surface area contributed by atoms with Crippen molar-refractivity contribution in [2.24, 2.45) is 0 Å². The Bertz CT molecular complexity index is 858. The second kappa shape index (κ2) is 6.82. The summed E-state index contributed by atoms with van der Waals surface area (Å²) >= 11 is 1.54. The number of thiophene rings is 1. The molecule has 1 aliphatic heterocycles. The molecular weight excluding hydrogens is 336 g/mol. The molecule has 4 rings (SSSR count). The molecule has 3 heterocycles. The van der Waals surface area contributed by atoms with Gasteiger partial charge in [-0.1, -0.05) is 36.4 Å². The third-order valence-corrected chi connectivity index (χ3v) is 5.16. The Morgan fingerprint density at radius 2 is 2.08 bits per heavy atom. The Kier molecular flexibility index (Phi) is 4.38. The monoisotopic (exact) mass is 354 g/mol. The van der Waals surface area contributed by atoms with Crippen molar-refractivity contribution < 1.29 is 13.9 Å². The van der Waals surface area contributed by atoms with Crippen LogP contribution in [0.2, 0.25) is 0 Å². The van der Waals surface area contributed by atoms with Gasteiger partial charge in [0.05, 0.1) is 24.1 Å². The van der Waals surface area contributed by atoms with Crippen molar-refractivity contribution in [2.45, 2.75) is 13.0 Å². The van der Waals surface area contributed by atoms with E-state index in [1.54, 1.807) is 18.3 Å². The molecular formula is C19H18N2O3S. The van der Waals surface area contributed by atoms with Crippen LogP contribution in [-0.2, 0) is 4.74 Å². The minimum atomic E-state index is -0.110. The first kappa shape index (κ1) is 16.1. The van der Waals surface area contributed by atoms with Crippen LogP contribution in [0.5, 0.6) is 0 Å². The Morgan fingerprint density at radius 1 is 1.24 bits per heavy atom. The lowest BCUT2D eigenvalue weighted by molar-refractivity contribution is -0.00306. The summed E-state index contributed by atoms with van der Waals surface area (Å²) in [6, 6.07) is 13.7. The number of benzene rings is 1. The number of amides is 1. The number of aryl methyl sites for hydroxylation is 1. The Labute approximate surface area is 149 Å². The van der Waals surface area contributed by atoms with Crippen molar-refractivity contribution in [3.8, 4) is 10.8 Å². The predicted molar refractivity (Wildman–Crippen MR) is 95.6 cm³/mol. The molecule has 5 nitrogen and oxygen atoms in total. The average molecular weight is 354 g/mol. The van der Waals surface area contributed by atoms with E-state index in [1.807, 2.05) is 52.7 Å². The van der Waals surface area contributed by atoms with Crippen molar-refractivity contribution in [3.05, 3.63) is 64.9 Å². The molecule has 2 aromatic heterocycles. The maximum Gasteiger partial charge on any atom is 0.276 e. The second-order valence-corrected chi connectivity index (χ2v) is 6.85. The predicted octanol–water partition coefficient (Wildman–Crippen LogP) is 3.93. The standard InChI is InChI=1S/C19H18N2O3S/c1-13-17(20-18(24-13)16-8-5-11-25-16)19(22)21-9-10-23-12-15(21)14-6-3-2-4-7-14/h2-8,11,15H,9-10,12H2,1H3/t15-/m1/s1. The van der Waals surface area contributed by atoms with Gasteiger partial charge in [-0.3, -0.25) is 4.79 Å². The maximum absolute atomic E-state index is 13.1. The van der Waals surface area contributed by atoms with E-state index in [0.717, 1.165) is 10.4 Å². The van der Waals surface area contributed by atoms with Crippen LogP contribution < -0.4 is 0 Å². The van der Waals surface area contributed by atoms with E-state index in [4.69, 9.17) is 9.15 Å². The van der Waals surface area contributed by atoms with Crippen LogP contribution >= 0.6 is 11.3 Å². The van der Waals surface area contributed by atoms with Gasteiger partial charge in [0, 0.05) is 6.54 Å². The Balaban J connectivity index is 1.65. The van der Waals surface area contributed by atoms with Crippen LogP contribution in [0.3, 0.4) is 0 Å². The number of rotatable bonds is 3. The minimum absolute atomic E-state index is 0.108. The highest BCUT2D eigenvalue weighted by molar-refractivity contribution is 7.13. The number of hydrogen-bond acceptors (Lipinski definition) is 5. The van der Waals surface area contributed by atoms with Crippen LogP contribution in [0.15, 0.2) is 52.3 Å². The van der Waals surface area contributed by atoms with Gasteiger partial charge in [0.2, 0.25) is 5.89 Å². The molecule has 1 atom stereocenters. The number of ether oxygens (including phenoxy) is 1. The summed E-state index contributed by atoms with van der Waals surface area (Å²) in [6.07, 6.45) is 0. The number of aromatic nitrogens is 1. The molecule has 25 heavy (non-hydrogen) atoms. The van der Waals surface area contributed by atoms with Crippen LogP contribution in [0.1, 0.15) is 27.9 Å². The molecule has 1 amide bonds. The van der Waals surface area contributed by atoms with E-state index in [9.17, 15) is 4.79 Å². The summed E-state index contributed by atoms with van der Waals surface area (Å²) in [6.45, 7) is 3.35. The zero-order valence-corrected chi connectivity index (χ0v) is 14.7. The average Bonchev–Trinajstić information content (AvgIpc) is 3.31. The highest BCUT2D eigenvalue weighted by Gasteiger charge is 2.32. The maximum atomic E-state index is 13.1. The van der Waals surface area contributed by atoms with Gasteiger partial charge in [-0.25, -0.2) is 4.98 Å². The smallest absolute Gasteiger partial charge is 0.276 e. The van der Waals surface area contributed by atoms with Crippen molar-refractivity contribution in [1.82, 2.24) is 9.88 Å². The van der Waals surface area contributed by atoms with Crippen molar-refractivity contribution in [2.75, 3.05) is 19.8 Å². The molecule has 3 aromatic rings. The van der Waals surface area contributed by atoms with Gasteiger partial charge in [-0.15, -0.1) is 11.3 Å². The van der Waals surface area contributed by atoms with Crippen LogP contribution in [0, 0.1) is 6.92 Å². The zero-order chi connectivity index (χ0) is 17.2. The fraction of sp³-hybridized carbons (Fsp3) is 0.263. The van der Waals surface area contributed by atoms with E-state index in [-0.39, 0.29) is 11.9 Å². The lowest BCUT2D eigenvalue weighted by Gasteiger charge is -2.35. The molecule has 0 radical (unpaired) electrons. The SMILES string of the molecule is Cc1oc(-c2cccs2)nc1C(=O)N1CCOC[C@@H]1c1ccccc1. The molecule has 1 aromatic carbocycles. The topological polar surface area (TPSA) is 55.6 Å². The number of nitrogens with zero attached hydrogens (tertiary/aromatic N) is 2.